The predicted molar refractivity (Wildman–Crippen MR) is 315 cm³/mol. The molecule has 0 N–H and O–H groups in total. The smallest absolute Gasteiger partial charge is 0.306 e. The van der Waals surface area contributed by atoms with Crippen LogP contribution < -0.4 is 0 Å². The number of allylic oxidation sites excluding steroid dienone is 24. The molecular weight excluding hydrogens is 901 g/mol. The van der Waals surface area contributed by atoms with Gasteiger partial charge in [-0.25, -0.2) is 0 Å². The maximum Gasteiger partial charge on any atom is 0.306 e. The second-order valence-corrected chi connectivity index (χ2v) is 18.8. The van der Waals surface area contributed by atoms with Crippen molar-refractivity contribution in [1.82, 2.24) is 0 Å². The molecule has 0 fully saturated rings. The molecule has 0 bridgehead atoms. The number of unbranched alkanes of at least 4 members (excludes halogenated alkanes) is 16. The van der Waals surface area contributed by atoms with Crippen LogP contribution in [0, 0.1) is 0 Å². The number of rotatable bonds is 51. The fourth-order valence-corrected chi connectivity index (χ4v) is 7.49. The summed E-state index contributed by atoms with van der Waals surface area (Å²) in [5, 5.41) is 0. The monoisotopic (exact) mass is 1010 g/mol. The Labute approximate surface area is 448 Å². The third-order valence-electron chi connectivity index (χ3n) is 11.8. The number of ether oxygens (including phenoxy) is 3. The summed E-state index contributed by atoms with van der Waals surface area (Å²) in [6.45, 7) is 6.30. The Morgan fingerprint density at radius 2 is 0.562 bits per heavy atom. The van der Waals surface area contributed by atoms with E-state index >= 15 is 0 Å². The molecule has 0 aliphatic rings. The fraction of sp³-hybridized carbons (Fsp3) is 0.597. The van der Waals surface area contributed by atoms with Crippen molar-refractivity contribution in [1.29, 1.82) is 0 Å². The van der Waals surface area contributed by atoms with Crippen molar-refractivity contribution in [2.24, 2.45) is 0 Å². The molecule has 73 heavy (non-hydrogen) atoms. The van der Waals surface area contributed by atoms with Gasteiger partial charge in [-0.1, -0.05) is 237 Å². The molecule has 6 heteroatoms. The summed E-state index contributed by atoms with van der Waals surface area (Å²) in [4.78, 5) is 38.2. The summed E-state index contributed by atoms with van der Waals surface area (Å²) in [5.74, 6) is -1.05. The third-order valence-corrected chi connectivity index (χ3v) is 11.8. The molecule has 0 unspecified atom stereocenters. The standard InChI is InChI=1S/C67H106O6/c1-4-7-10-13-16-19-22-25-28-31-33-36-39-42-45-48-51-54-57-60-66(69)72-63-64(62-71-65(68)59-56-53-50-47-44-41-38-35-30-27-24-21-18-15-12-9-6-3)73-67(70)61-58-55-52-49-46-43-40-37-34-32-29-26-23-20-17-14-11-8-5-2/h7-8,10-11,16-17,19-20,25-30,33-34,36-37,42-43,45-46,51,54,64H,4-6,9,12-15,18,21-24,31-32,35,38-41,44,47-50,52-53,55-63H2,1-3H3/b10-7-,11-8-,19-16-,20-17-,28-25-,29-26-,30-27-,36-33-,37-34-,45-42-,46-43-,54-51-/t64-/m0/s1. The first-order chi connectivity index (χ1) is 36.0. The summed E-state index contributed by atoms with van der Waals surface area (Å²) < 4.78 is 16.8. The van der Waals surface area contributed by atoms with Crippen molar-refractivity contribution in [3.8, 4) is 0 Å². The van der Waals surface area contributed by atoms with Crippen LogP contribution in [0.25, 0.3) is 0 Å². The number of carbonyl (C=O) groups excluding carboxylic acids is 3. The van der Waals surface area contributed by atoms with Crippen LogP contribution in [0.3, 0.4) is 0 Å². The Hall–Kier alpha value is -4.71. The van der Waals surface area contributed by atoms with Gasteiger partial charge in [-0.3, -0.25) is 14.4 Å². The number of carbonyl (C=O) groups is 3. The molecule has 0 aromatic carbocycles. The lowest BCUT2D eigenvalue weighted by Crippen LogP contribution is -2.30. The Balaban J connectivity index is 4.60. The highest BCUT2D eigenvalue weighted by atomic mass is 16.6. The van der Waals surface area contributed by atoms with Gasteiger partial charge in [0, 0.05) is 19.3 Å². The topological polar surface area (TPSA) is 78.9 Å². The van der Waals surface area contributed by atoms with Gasteiger partial charge in [0.25, 0.3) is 0 Å². The molecule has 0 aromatic heterocycles. The van der Waals surface area contributed by atoms with Gasteiger partial charge in [0.1, 0.15) is 13.2 Å². The Morgan fingerprint density at radius 3 is 0.945 bits per heavy atom. The van der Waals surface area contributed by atoms with Crippen LogP contribution in [-0.2, 0) is 28.6 Å². The van der Waals surface area contributed by atoms with Gasteiger partial charge >= 0.3 is 17.9 Å². The Bertz CT molecular complexity index is 1630. The number of esters is 3. The molecule has 1 atom stereocenters. The first-order valence-corrected chi connectivity index (χ1v) is 29.3. The molecule has 0 heterocycles. The summed E-state index contributed by atoms with van der Waals surface area (Å²) in [5.41, 5.74) is 0. The van der Waals surface area contributed by atoms with Crippen LogP contribution in [0.2, 0.25) is 0 Å². The molecule has 410 valence electrons. The number of hydrogen-bond donors (Lipinski definition) is 0. The molecule has 0 aliphatic carbocycles. The average molecular weight is 1010 g/mol. The van der Waals surface area contributed by atoms with E-state index in [0.29, 0.717) is 19.3 Å². The van der Waals surface area contributed by atoms with E-state index in [0.717, 1.165) is 109 Å². The predicted octanol–water partition coefficient (Wildman–Crippen LogP) is 20.0. The van der Waals surface area contributed by atoms with Crippen molar-refractivity contribution in [3.63, 3.8) is 0 Å². The van der Waals surface area contributed by atoms with Crippen LogP contribution in [0.5, 0.6) is 0 Å². The van der Waals surface area contributed by atoms with Crippen molar-refractivity contribution in [2.75, 3.05) is 13.2 Å². The van der Waals surface area contributed by atoms with E-state index in [-0.39, 0.29) is 44.0 Å². The first kappa shape index (κ1) is 68.3. The molecule has 0 saturated heterocycles. The van der Waals surface area contributed by atoms with E-state index < -0.39 is 6.10 Å². The van der Waals surface area contributed by atoms with Gasteiger partial charge in [0.15, 0.2) is 6.10 Å². The van der Waals surface area contributed by atoms with Crippen LogP contribution in [0.15, 0.2) is 146 Å². The van der Waals surface area contributed by atoms with Gasteiger partial charge in [0.2, 0.25) is 0 Å². The second-order valence-electron chi connectivity index (χ2n) is 18.8. The second kappa shape index (κ2) is 59.8. The van der Waals surface area contributed by atoms with E-state index in [2.05, 4.69) is 154 Å². The molecule has 0 radical (unpaired) electrons. The van der Waals surface area contributed by atoms with E-state index in [4.69, 9.17) is 14.2 Å². The van der Waals surface area contributed by atoms with Gasteiger partial charge in [-0.05, 0) is 128 Å². The molecule has 0 aromatic rings. The minimum absolute atomic E-state index is 0.123. The summed E-state index contributed by atoms with van der Waals surface area (Å²) in [6, 6.07) is 0. The highest BCUT2D eigenvalue weighted by Gasteiger charge is 2.19. The molecule has 6 nitrogen and oxygen atoms in total. The van der Waals surface area contributed by atoms with E-state index in [1.165, 1.54) is 77.0 Å². The highest BCUT2D eigenvalue weighted by Crippen LogP contribution is 2.13. The zero-order valence-electron chi connectivity index (χ0n) is 46.8. The molecule has 0 aliphatic heterocycles. The zero-order chi connectivity index (χ0) is 52.9. The van der Waals surface area contributed by atoms with Gasteiger partial charge < -0.3 is 14.2 Å². The lowest BCUT2D eigenvalue weighted by Gasteiger charge is -2.18. The van der Waals surface area contributed by atoms with E-state index in [1.54, 1.807) is 0 Å². The minimum atomic E-state index is -0.835. The summed E-state index contributed by atoms with van der Waals surface area (Å²) in [6.07, 6.45) is 85.6. The average Bonchev–Trinajstić information content (AvgIpc) is 3.39. The lowest BCUT2D eigenvalue weighted by molar-refractivity contribution is -0.166. The lowest BCUT2D eigenvalue weighted by atomic mass is 10.1. The van der Waals surface area contributed by atoms with Gasteiger partial charge in [-0.2, -0.15) is 0 Å². The van der Waals surface area contributed by atoms with Crippen LogP contribution in [-0.4, -0.2) is 37.2 Å². The van der Waals surface area contributed by atoms with Crippen molar-refractivity contribution in [2.45, 2.75) is 245 Å². The minimum Gasteiger partial charge on any atom is -0.462 e. The Morgan fingerprint density at radius 1 is 0.288 bits per heavy atom. The normalized spacial score (nSPS) is 13.2. The molecule has 0 rings (SSSR count). The molecule has 0 amide bonds. The highest BCUT2D eigenvalue weighted by molar-refractivity contribution is 5.71. The van der Waals surface area contributed by atoms with Crippen molar-refractivity contribution in [3.05, 3.63) is 146 Å². The summed E-state index contributed by atoms with van der Waals surface area (Å²) >= 11 is 0. The van der Waals surface area contributed by atoms with E-state index in [1.807, 2.05) is 12.2 Å². The van der Waals surface area contributed by atoms with Crippen LogP contribution in [0.4, 0.5) is 0 Å². The summed E-state index contributed by atoms with van der Waals surface area (Å²) in [7, 11) is 0. The van der Waals surface area contributed by atoms with Crippen molar-refractivity contribution < 1.29 is 28.6 Å². The van der Waals surface area contributed by atoms with Crippen molar-refractivity contribution >= 4 is 17.9 Å². The molecule has 0 spiro atoms. The van der Waals surface area contributed by atoms with Gasteiger partial charge in [-0.15, -0.1) is 0 Å². The molecule has 0 saturated carbocycles. The van der Waals surface area contributed by atoms with Crippen LogP contribution >= 0.6 is 0 Å². The molecular formula is C67H106O6. The fourth-order valence-electron chi connectivity index (χ4n) is 7.49. The van der Waals surface area contributed by atoms with E-state index in [9.17, 15) is 14.4 Å². The number of hydrogen-bond acceptors (Lipinski definition) is 6. The first-order valence-electron chi connectivity index (χ1n) is 29.3. The Kier molecular flexibility index (Phi) is 56.0. The van der Waals surface area contributed by atoms with Crippen LogP contribution in [0.1, 0.15) is 239 Å². The van der Waals surface area contributed by atoms with Gasteiger partial charge in [0.05, 0.1) is 0 Å². The largest absolute Gasteiger partial charge is 0.462 e. The zero-order valence-corrected chi connectivity index (χ0v) is 46.8. The quantitative estimate of drug-likeness (QED) is 0.0261. The SMILES string of the molecule is CC/C=C\C/C=C\C/C=C\C/C=C\C/C=C\C/C=C\CCC(=O)OC[C@H](COC(=O)CCCCCCCCC/C=C\CCCCCCCC)OC(=O)CCCCC/C=C\C/C=C\C/C=C\C/C=C\C/C=C\CC. The maximum atomic E-state index is 12.9. The third kappa shape index (κ3) is 58.1. The maximum absolute atomic E-state index is 12.9.